The first kappa shape index (κ1) is 27.9. The molecule has 0 rings (SSSR count). The molecule has 0 saturated heterocycles. The Hall–Kier alpha value is -1.14. The van der Waals surface area contributed by atoms with Gasteiger partial charge in [-0.1, -0.05) is 52.9 Å². The van der Waals surface area contributed by atoms with Crippen LogP contribution in [0.25, 0.3) is 0 Å². The number of hydrogen-bond acceptors (Lipinski definition) is 6. The van der Waals surface area contributed by atoms with Crippen molar-refractivity contribution in [1.82, 2.24) is 5.32 Å². The second-order valence-electron chi connectivity index (χ2n) is 8.41. The van der Waals surface area contributed by atoms with Gasteiger partial charge in [-0.3, -0.25) is 9.59 Å². The number of ether oxygens (including phenoxy) is 2. The van der Waals surface area contributed by atoms with Crippen molar-refractivity contribution in [2.45, 2.75) is 111 Å². The van der Waals surface area contributed by atoms with Crippen molar-refractivity contribution in [3.05, 3.63) is 0 Å². The van der Waals surface area contributed by atoms with Gasteiger partial charge >= 0.3 is 11.9 Å². The Morgan fingerprint density at radius 3 is 2.21 bits per heavy atom. The molecule has 0 aliphatic heterocycles. The zero-order valence-corrected chi connectivity index (χ0v) is 19.4. The summed E-state index contributed by atoms with van der Waals surface area (Å²) in [6.07, 6.45) is 8.23. The Labute approximate surface area is 178 Å². The number of carbonyl (C=O) groups is 2. The number of aliphatic hydroxyl groups excluding tert-OH is 1. The van der Waals surface area contributed by atoms with Crippen LogP contribution in [0.2, 0.25) is 0 Å². The fourth-order valence-corrected chi connectivity index (χ4v) is 3.33. The minimum absolute atomic E-state index is 0.115. The van der Waals surface area contributed by atoms with Gasteiger partial charge in [-0.2, -0.15) is 0 Å². The third-order valence-electron chi connectivity index (χ3n) is 5.39. The predicted molar refractivity (Wildman–Crippen MR) is 117 cm³/mol. The van der Waals surface area contributed by atoms with Crippen LogP contribution in [0.1, 0.15) is 98.8 Å². The Kier molecular flexibility index (Phi) is 16.0. The molecule has 29 heavy (non-hydrogen) atoms. The lowest BCUT2D eigenvalue weighted by molar-refractivity contribution is -0.146. The molecule has 6 heteroatoms. The monoisotopic (exact) mass is 415 g/mol. The molecule has 0 bridgehead atoms. The highest BCUT2D eigenvalue weighted by molar-refractivity contribution is 5.75. The molecule has 0 amide bonds. The Balaban J connectivity index is 4.26. The van der Waals surface area contributed by atoms with Crippen molar-refractivity contribution < 1.29 is 24.2 Å². The van der Waals surface area contributed by atoms with E-state index in [4.69, 9.17) is 9.47 Å². The van der Waals surface area contributed by atoms with Gasteiger partial charge in [-0.15, -0.1) is 0 Å². The normalized spacial score (nSPS) is 13.7. The highest BCUT2D eigenvalue weighted by Crippen LogP contribution is 2.29. The smallest absolute Gasteiger partial charge is 0.323 e. The zero-order chi connectivity index (χ0) is 22.1. The molecule has 0 aromatic heterocycles. The molecule has 2 atom stereocenters. The van der Waals surface area contributed by atoms with Gasteiger partial charge in [0.05, 0.1) is 19.3 Å². The minimum atomic E-state index is -0.396. The van der Waals surface area contributed by atoms with E-state index >= 15 is 0 Å². The molecule has 0 heterocycles. The minimum Gasteiger partial charge on any atom is -0.466 e. The number of aliphatic hydroxyl groups is 1. The quantitative estimate of drug-likeness (QED) is 0.255. The molecule has 0 saturated carbocycles. The van der Waals surface area contributed by atoms with Crippen LogP contribution in [0.3, 0.4) is 0 Å². The lowest BCUT2D eigenvalue weighted by atomic mass is 9.80. The first-order chi connectivity index (χ1) is 13.8. The summed E-state index contributed by atoms with van der Waals surface area (Å²) in [5.41, 5.74) is -0.115. The summed E-state index contributed by atoms with van der Waals surface area (Å²) >= 11 is 0. The van der Waals surface area contributed by atoms with E-state index in [2.05, 4.69) is 26.1 Å². The maximum absolute atomic E-state index is 12.2. The molecule has 0 spiro atoms. The zero-order valence-electron chi connectivity index (χ0n) is 19.4. The van der Waals surface area contributed by atoms with Crippen LogP contribution in [-0.4, -0.2) is 48.9 Å². The fourth-order valence-electron chi connectivity index (χ4n) is 3.33. The molecule has 2 N–H and O–H groups in total. The molecule has 0 aliphatic carbocycles. The summed E-state index contributed by atoms with van der Waals surface area (Å²) in [6.45, 7) is 11.4. The average molecular weight is 416 g/mol. The van der Waals surface area contributed by atoms with Gasteiger partial charge in [-0.05, 0) is 51.5 Å². The van der Waals surface area contributed by atoms with Gasteiger partial charge in [0.25, 0.3) is 0 Å². The van der Waals surface area contributed by atoms with Crippen molar-refractivity contribution in [3.8, 4) is 0 Å². The van der Waals surface area contributed by atoms with Crippen molar-refractivity contribution in [2.75, 3.05) is 19.8 Å². The van der Waals surface area contributed by atoms with E-state index in [1.807, 2.05) is 13.8 Å². The summed E-state index contributed by atoms with van der Waals surface area (Å²) < 4.78 is 10.1. The largest absolute Gasteiger partial charge is 0.466 e. The topological polar surface area (TPSA) is 84.9 Å². The average Bonchev–Trinajstić information content (AvgIpc) is 2.67. The predicted octanol–water partition coefficient (Wildman–Crippen LogP) is 4.38. The van der Waals surface area contributed by atoms with E-state index < -0.39 is 6.10 Å². The molecular formula is C23H45NO5. The lowest BCUT2D eigenvalue weighted by Crippen LogP contribution is -2.41. The van der Waals surface area contributed by atoms with E-state index in [0.717, 1.165) is 44.9 Å². The molecule has 0 aromatic carbocycles. The van der Waals surface area contributed by atoms with Crippen LogP contribution < -0.4 is 5.32 Å². The molecule has 172 valence electrons. The maximum atomic E-state index is 12.2. The van der Waals surface area contributed by atoms with Gasteiger partial charge in [0, 0.05) is 6.42 Å². The first-order valence-corrected chi connectivity index (χ1v) is 11.5. The van der Waals surface area contributed by atoms with Crippen molar-refractivity contribution in [1.29, 1.82) is 0 Å². The summed E-state index contributed by atoms with van der Waals surface area (Å²) in [6, 6.07) is -0.342. The third-order valence-corrected chi connectivity index (χ3v) is 5.39. The first-order valence-electron chi connectivity index (χ1n) is 11.5. The number of unbranched alkanes of at least 4 members (excludes halogenated alkanes) is 4. The Morgan fingerprint density at radius 1 is 0.931 bits per heavy atom. The number of nitrogens with one attached hydrogen (secondary N) is 1. The summed E-state index contributed by atoms with van der Waals surface area (Å²) in [7, 11) is 0. The number of esters is 2. The standard InChI is InChI=1S/C23H45NO5/c1-6-9-17-23(4,5)20(25)16-18-24-19(22(27)29-8-3)14-12-10-11-13-15-21(26)28-7-2/h19-20,24-25H,6-18H2,1-5H3. The molecule has 0 fully saturated rings. The van der Waals surface area contributed by atoms with Crippen LogP contribution in [0.4, 0.5) is 0 Å². The molecule has 0 aliphatic rings. The fraction of sp³-hybridized carbons (Fsp3) is 0.913. The van der Waals surface area contributed by atoms with Gasteiger partial charge in [0.15, 0.2) is 0 Å². The lowest BCUT2D eigenvalue weighted by Gasteiger charge is -2.31. The van der Waals surface area contributed by atoms with E-state index in [0.29, 0.717) is 39.0 Å². The third kappa shape index (κ3) is 13.7. The molecule has 6 nitrogen and oxygen atoms in total. The Bertz CT molecular complexity index is 439. The summed E-state index contributed by atoms with van der Waals surface area (Å²) in [5, 5.41) is 13.8. The summed E-state index contributed by atoms with van der Waals surface area (Å²) in [5.74, 6) is -0.363. The molecule has 0 radical (unpaired) electrons. The second kappa shape index (κ2) is 16.6. The van der Waals surface area contributed by atoms with Crippen LogP contribution in [0.15, 0.2) is 0 Å². The van der Waals surface area contributed by atoms with Crippen molar-refractivity contribution >= 4 is 11.9 Å². The van der Waals surface area contributed by atoms with E-state index in [1.165, 1.54) is 0 Å². The van der Waals surface area contributed by atoms with Crippen LogP contribution >= 0.6 is 0 Å². The molecular weight excluding hydrogens is 370 g/mol. The van der Waals surface area contributed by atoms with Gasteiger partial charge in [-0.25, -0.2) is 0 Å². The van der Waals surface area contributed by atoms with Gasteiger partial charge in [0.2, 0.25) is 0 Å². The highest BCUT2D eigenvalue weighted by Gasteiger charge is 2.27. The van der Waals surface area contributed by atoms with Crippen LogP contribution in [-0.2, 0) is 19.1 Å². The van der Waals surface area contributed by atoms with Crippen molar-refractivity contribution in [3.63, 3.8) is 0 Å². The number of rotatable bonds is 18. The Morgan fingerprint density at radius 2 is 1.59 bits per heavy atom. The van der Waals surface area contributed by atoms with Crippen LogP contribution in [0.5, 0.6) is 0 Å². The van der Waals surface area contributed by atoms with Crippen molar-refractivity contribution in [2.24, 2.45) is 5.41 Å². The molecule has 0 aromatic rings. The van der Waals surface area contributed by atoms with Crippen LogP contribution in [0, 0.1) is 5.41 Å². The number of hydrogen-bond donors (Lipinski definition) is 2. The maximum Gasteiger partial charge on any atom is 0.323 e. The highest BCUT2D eigenvalue weighted by atomic mass is 16.5. The van der Waals surface area contributed by atoms with E-state index in [9.17, 15) is 14.7 Å². The van der Waals surface area contributed by atoms with E-state index in [-0.39, 0.29) is 23.4 Å². The van der Waals surface area contributed by atoms with Gasteiger partial charge in [0.1, 0.15) is 6.04 Å². The SMILES string of the molecule is CCCCC(C)(C)C(O)CCNC(CCCCCCC(=O)OCC)C(=O)OCC. The molecule has 2 unspecified atom stereocenters. The number of carbonyl (C=O) groups excluding carboxylic acids is 2. The summed E-state index contributed by atoms with van der Waals surface area (Å²) in [4.78, 5) is 23.6. The van der Waals surface area contributed by atoms with Gasteiger partial charge < -0.3 is 19.9 Å². The second-order valence-corrected chi connectivity index (χ2v) is 8.41. The van der Waals surface area contributed by atoms with E-state index in [1.54, 1.807) is 0 Å².